The minimum absolute atomic E-state index is 0.261. The van der Waals surface area contributed by atoms with Gasteiger partial charge in [-0.1, -0.05) is 18.1 Å². The predicted octanol–water partition coefficient (Wildman–Crippen LogP) is 1.44. The second-order valence-electron chi connectivity index (χ2n) is 5.88. The van der Waals surface area contributed by atoms with E-state index in [9.17, 15) is 5.11 Å². The van der Waals surface area contributed by atoms with Gasteiger partial charge in [0.25, 0.3) is 0 Å². The summed E-state index contributed by atoms with van der Waals surface area (Å²) >= 11 is 0. The molecule has 1 aliphatic rings. The molecule has 1 atom stereocenters. The van der Waals surface area contributed by atoms with Gasteiger partial charge < -0.3 is 14.7 Å². The molecule has 0 radical (unpaired) electrons. The topological polar surface area (TPSA) is 35.9 Å². The van der Waals surface area contributed by atoms with Crippen molar-refractivity contribution in [1.29, 1.82) is 0 Å². The first-order valence-corrected chi connectivity index (χ1v) is 7.84. The standard InChI is InChI=1S/C18H26N2O2/c1-4-12-22-14-17(21)13-19-8-10-20(11-9-19)18-7-5-6-15(2)16(18)3/h1,5-7,17,21H,8-14H2,2-3H3. The summed E-state index contributed by atoms with van der Waals surface area (Å²) in [7, 11) is 0. The number of hydrogen-bond acceptors (Lipinski definition) is 4. The zero-order valence-electron chi connectivity index (χ0n) is 13.6. The molecule has 1 saturated heterocycles. The monoisotopic (exact) mass is 302 g/mol. The first-order valence-electron chi connectivity index (χ1n) is 7.84. The highest BCUT2D eigenvalue weighted by Crippen LogP contribution is 2.23. The van der Waals surface area contributed by atoms with E-state index < -0.39 is 6.10 Å². The zero-order chi connectivity index (χ0) is 15.9. The Kier molecular flexibility index (Phi) is 6.26. The highest BCUT2D eigenvalue weighted by Gasteiger charge is 2.20. The minimum Gasteiger partial charge on any atom is -0.389 e. The zero-order valence-corrected chi connectivity index (χ0v) is 13.6. The molecule has 1 fully saturated rings. The fraction of sp³-hybridized carbons (Fsp3) is 0.556. The number of aliphatic hydroxyl groups excluding tert-OH is 1. The fourth-order valence-electron chi connectivity index (χ4n) is 2.85. The maximum atomic E-state index is 9.94. The van der Waals surface area contributed by atoms with Gasteiger partial charge in [-0.3, -0.25) is 4.90 Å². The van der Waals surface area contributed by atoms with E-state index in [2.05, 4.69) is 47.8 Å². The van der Waals surface area contributed by atoms with E-state index in [-0.39, 0.29) is 6.61 Å². The van der Waals surface area contributed by atoms with Crippen molar-refractivity contribution >= 4 is 5.69 Å². The second-order valence-corrected chi connectivity index (χ2v) is 5.88. The first-order chi connectivity index (χ1) is 10.6. The van der Waals surface area contributed by atoms with Crippen LogP contribution in [0.5, 0.6) is 0 Å². The van der Waals surface area contributed by atoms with Crippen LogP contribution in [0.1, 0.15) is 11.1 Å². The highest BCUT2D eigenvalue weighted by molar-refractivity contribution is 5.56. The van der Waals surface area contributed by atoms with Gasteiger partial charge in [-0.15, -0.1) is 6.42 Å². The van der Waals surface area contributed by atoms with Crippen LogP contribution in [0.2, 0.25) is 0 Å². The molecular formula is C18H26N2O2. The van der Waals surface area contributed by atoms with Gasteiger partial charge in [0.2, 0.25) is 0 Å². The summed E-state index contributed by atoms with van der Waals surface area (Å²) in [6.07, 6.45) is 4.65. The van der Waals surface area contributed by atoms with Crippen molar-refractivity contribution in [3.05, 3.63) is 29.3 Å². The van der Waals surface area contributed by atoms with Crippen LogP contribution in [0.4, 0.5) is 5.69 Å². The molecule has 1 aromatic carbocycles. The van der Waals surface area contributed by atoms with Crippen LogP contribution in [0, 0.1) is 26.2 Å². The number of hydrogen-bond donors (Lipinski definition) is 1. The molecule has 2 rings (SSSR count). The normalized spacial score (nSPS) is 17.3. The minimum atomic E-state index is -0.472. The number of β-amino-alcohol motifs (C(OH)–C–C–N with tert-alkyl or cyclic N) is 1. The number of anilines is 1. The van der Waals surface area contributed by atoms with Gasteiger partial charge >= 0.3 is 0 Å². The lowest BCUT2D eigenvalue weighted by Gasteiger charge is -2.37. The predicted molar refractivity (Wildman–Crippen MR) is 90.2 cm³/mol. The van der Waals surface area contributed by atoms with Gasteiger partial charge in [-0.25, -0.2) is 0 Å². The Morgan fingerprint density at radius 2 is 2.00 bits per heavy atom. The molecule has 0 bridgehead atoms. The van der Waals surface area contributed by atoms with Crippen LogP contribution in [0.3, 0.4) is 0 Å². The molecule has 1 N–H and O–H groups in total. The number of piperazine rings is 1. The van der Waals surface area contributed by atoms with Crippen LogP contribution in [0.15, 0.2) is 18.2 Å². The molecular weight excluding hydrogens is 276 g/mol. The Balaban J connectivity index is 1.81. The Labute approximate surface area is 133 Å². The van der Waals surface area contributed by atoms with Crippen LogP contribution in [0.25, 0.3) is 0 Å². The summed E-state index contributed by atoms with van der Waals surface area (Å²) in [6.45, 7) is 9.44. The van der Waals surface area contributed by atoms with Gasteiger partial charge in [-0.05, 0) is 31.0 Å². The summed E-state index contributed by atoms with van der Waals surface area (Å²) in [6, 6.07) is 6.47. The van der Waals surface area contributed by atoms with E-state index in [1.165, 1.54) is 16.8 Å². The SMILES string of the molecule is C#CCOCC(O)CN1CCN(c2cccc(C)c2C)CC1. The maximum Gasteiger partial charge on any atom is 0.107 e. The third-order valence-electron chi connectivity index (χ3n) is 4.25. The molecule has 0 amide bonds. The quantitative estimate of drug-likeness (QED) is 0.637. The van der Waals surface area contributed by atoms with Crippen molar-refractivity contribution in [3.63, 3.8) is 0 Å². The summed E-state index contributed by atoms with van der Waals surface area (Å²) in [5.41, 5.74) is 4.03. The highest BCUT2D eigenvalue weighted by atomic mass is 16.5. The van der Waals surface area contributed by atoms with Gasteiger partial charge in [0.1, 0.15) is 6.61 Å². The number of benzene rings is 1. The largest absolute Gasteiger partial charge is 0.389 e. The van der Waals surface area contributed by atoms with Crippen molar-refractivity contribution in [2.24, 2.45) is 0 Å². The summed E-state index contributed by atoms with van der Waals surface area (Å²) in [5, 5.41) is 9.94. The Morgan fingerprint density at radius 3 is 2.68 bits per heavy atom. The number of nitrogens with zero attached hydrogens (tertiary/aromatic N) is 2. The van der Waals surface area contributed by atoms with Crippen LogP contribution >= 0.6 is 0 Å². The van der Waals surface area contributed by atoms with Crippen LogP contribution in [-0.4, -0.2) is 62.0 Å². The Hall–Kier alpha value is -1.54. The van der Waals surface area contributed by atoms with E-state index in [1.807, 2.05) is 0 Å². The third kappa shape index (κ3) is 4.48. The first kappa shape index (κ1) is 16.8. The third-order valence-corrected chi connectivity index (χ3v) is 4.25. The Morgan fingerprint density at radius 1 is 1.27 bits per heavy atom. The molecule has 22 heavy (non-hydrogen) atoms. The molecule has 1 heterocycles. The van der Waals surface area contributed by atoms with E-state index in [4.69, 9.17) is 11.2 Å². The number of ether oxygens (including phenoxy) is 1. The molecule has 1 aliphatic heterocycles. The average Bonchev–Trinajstić information content (AvgIpc) is 2.51. The summed E-state index contributed by atoms with van der Waals surface area (Å²) in [5.74, 6) is 2.41. The van der Waals surface area contributed by atoms with Gasteiger partial charge in [-0.2, -0.15) is 0 Å². The summed E-state index contributed by atoms with van der Waals surface area (Å²) < 4.78 is 5.18. The van der Waals surface area contributed by atoms with Crippen LogP contribution in [-0.2, 0) is 4.74 Å². The smallest absolute Gasteiger partial charge is 0.107 e. The Bertz CT molecular complexity index is 516. The number of terminal acetylenes is 1. The van der Waals surface area contributed by atoms with Gasteiger partial charge in [0.05, 0.1) is 12.7 Å². The fourth-order valence-corrected chi connectivity index (χ4v) is 2.85. The van der Waals surface area contributed by atoms with E-state index in [0.29, 0.717) is 13.2 Å². The van der Waals surface area contributed by atoms with Crippen molar-refractivity contribution in [2.75, 3.05) is 50.8 Å². The molecule has 120 valence electrons. The average molecular weight is 302 g/mol. The molecule has 0 spiro atoms. The van der Waals surface area contributed by atoms with Crippen molar-refractivity contribution in [2.45, 2.75) is 20.0 Å². The summed E-state index contributed by atoms with van der Waals surface area (Å²) in [4.78, 5) is 4.71. The molecule has 1 unspecified atom stereocenters. The van der Waals surface area contributed by atoms with Crippen molar-refractivity contribution < 1.29 is 9.84 Å². The lowest BCUT2D eigenvalue weighted by molar-refractivity contribution is 0.0267. The maximum absolute atomic E-state index is 9.94. The molecule has 1 aromatic rings. The number of aryl methyl sites for hydroxylation is 1. The molecule has 0 aromatic heterocycles. The van der Waals surface area contributed by atoms with Gasteiger partial charge in [0.15, 0.2) is 0 Å². The lowest BCUT2D eigenvalue weighted by atomic mass is 10.1. The number of aliphatic hydroxyl groups is 1. The number of rotatable bonds is 6. The molecule has 4 nitrogen and oxygen atoms in total. The molecule has 0 aliphatic carbocycles. The van der Waals surface area contributed by atoms with Crippen molar-refractivity contribution in [1.82, 2.24) is 4.90 Å². The molecule has 4 heteroatoms. The van der Waals surface area contributed by atoms with Crippen LogP contribution < -0.4 is 4.90 Å². The van der Waals surface area contributed by atoms with E-state index in [1.54, 1.807) is 0 Å². The lowest BCUT2D eigenvalue weighted by Crippen LogP contribution is -2.49. The second kappa shape index (κ2) is 8.19. The van der Waals surface area contributed by atoms with E-state index >= 15 is 0 Å². The van der Waals surface area contributed by atoms with E-state index in [0.717, 1.165) is 26.2 Å². The van der Waals surface area contributed by atoms with Crippen molar-refractivity contribution in [3.8, 4) is 12.3 Å². The van der Waals surface area contributed by atoms with Gasteiger partial charge in [0, 0.05) is 38.4 Å². The molecule has 0 saturated carbocycles.